The number of para-hydroxylation sites is 1. The molecule has 1 heterocycles. The lowest BCUT2D eigenvalue weighted by molar-refractivity contribution is 0.662. The van der Waals surface area contributed by atoms with Crippen molar-refractivity contribution in [3.63, 3.8) is 0 Å². The topological polar surface area (TPSA) is 12.9 Å². The van der Waals surface area contributed by atoms with E-state index in [1.54, 1.807) is 0 Å². The van der Waals surface area contributed by atoms with E-state index < -0.39 is 0 Å². The highest BCUT2D eigenvalue weighted by molar-refractivity contribution is 7.99. The Kier molecular flexibility index (Phi) is 4.28. The van der Waals surface area contributed by atoms with E-state index in [9.17, 15) is 0 Å². The van der Waals surface area contributed by atoms with Gasteiger partial charge in [-0.2, -0.15) is 0 Å². The lowest BCUT2D eigenvalue weighted by Gasteiger charge is -2.20. The molecule has 20 heavy (non-hydrogen) atoms. The number of aromatic nitrogens is 1. The van der Waals surface area contributed by atoms with Crippen LogP contribution in [0.25, 0.3) is 10.9 Å². The van der Waals surface area contributed by atoms with Crippen LogP contribution < -0.4 is 0 Å². The van der Waals surface area contributed by atoms with Gasteiger partial charge < -0.3 is 0 Å². The minimum Gasteiger partial charge on any atom is -0.252 e. The Bertz CT molecular complexity index is 654. The Hall–Kier alpha value is -1.46. The molecule has 0 bridgehead atoms. The second-order valence-corrected chi connectivity index (χ2v) is 6.35. The lowest BCUT2D eigenvalue weighted by Crippen LogP contribution is -2.07. The number of rotatable bonds is 4. The molecule has 1 nitrogen and oxygen atoms in total. The van der Waals surface area contributed by atoms with Crippen molar-refractivity contribution in [1.29, 1.82) is 0 Å². The fraction of sp³-hybridized carbons (Fsp3) is 0.389. The molecule has 0 atom stereocenters. The molecule has 0 unspecified atom stereocenters. The molecule has 3 rings (SSSR count). The van der Waals surface area contributed by atoms with Crippen LogP contribution in [-0.4, -0.2) is 10.7 Å². The van der Waals surface area contributed by atoms with Crippen molar-refractivity contribution in [2.75, 3.05) is 5.75 Å². The van der Waals surface area contributed by atoms with E-state index in [0.717, 1.165) is 30.5 Å². The van der Waals surface area contributed by atoms with Gasteiger partial charge in [0, 0.05) is 22.4 Å². The van der Waals surface area contributed by atoms with Crippen LogP contribution in [0.15, 0.2) is 29.2 Å². The highest BCUT2D eigenvalue weighted by Crippen LogP contribution is 2.36. The summed E-state index contributed by atoms with van der Waals surface area (Å²) in [5.41, 5.74) is 3.97. The van der Waals surface area contributed by atoms with Crippen molar-refractivity contribution in [3.8, 4) is 12.3 Å². The van der Waals surface area contributed by atoms with Crippen LogP contribution in [0, 0.1) is 12.3 Å². The van der Waals surface area contributed by atoms with E-state index in [4.69, 9.17) is 11.4 Å². The maximum Gasteiger partial charge on any atom is 0.0716 e. The first-order valence-corrected chi connectivity index (χ1v) is 8.35. The highest BCUT2D eigenvalue weighted by atomic mass is 32.2. The molecule has 1 aliphatic rings. The van der Waals surface area contributed by atoms with Crippen LogP contribution in [0.3, 0.4) is 0 Å². The summed E-state index contributed by atoms with van der Waals surface area (Å²) < 4.78 is 0. The van der Waals surface area contributed by atoms with Crippen LogP contribution in [0.4, 0.5) is 0 Å². The van der Waals surface area contributed by atoms with Crippen molar-refractivity contribution in [2.45, 2.75) is 43.4 Å². The fourth-order valence-corrected chi connectivity index (χ4v) is 4.06. The van der Waals surface area contributed by atoms with Crippen LogP contribution >= 0.6 is 11.8 Å². The van der Waals surface area contributed by atoms with Crippen molar-refractivity contribution in [1.82, 2.24) is 4.98 Å². The number of fused-ring (bicyclic) bond motifs is 2. The van der Waals surface area contributed by atoms with Gasteiger partial charge in [0.2, 0.25) is 0 Å². The van der Waals surface area contributed by atoms with Gasteiger partial charge >= 0.3 is 0 Å². The average Bonchev–Trinajstić information content (AvgIpc) is 2.50. The van der Waals surface area contributed by atoms with Gasteiger partial charge in [-0.1, -0.05) is 18.2 Å². The van der Waals surface area contributed by atoms with Crippen LogP contribution in [0.5, 0.6) is 0 Å². The highest BCUT2D eigenvalue weighted by Gasteiger charge is 2.17. The van der Waals surface area contributed by atoms with E-state index in [2.05, 4.69) is 30.2 Å². The second kappa shape index (κ2) is 6.33. The molecule has 1 aliphatic carbocycles. The number of terminal acetylenes is 1. The van der Waals surface area contributed by atoms with Gasteiger partial charge in [0.1, 0.15) is 0 Å². The van der Waals surface area contributed by atoms with Crippen molar-refractivity contribution in [2.24, 2.45) is 0 Å². The average molecular weight is 281 g/mol. The van der Waals surface area contributed by atoms with E-state index in [0.29, 0.717) is 0 Å². The third-order valence-electron chi connectivity index (χ3n) is 3.83. The predicted octanol–water partition coefficient (Wildman–Crippen LogP) is 4.62. The number of unbranched alkanes of at least 4 members (excludes halogenated alkanes) is 1. The predicted molar refractivity (Wildman–Crippen MR) is 87.2 cm³/mol. The number of hydrogen-bond donors (Lipinski definition) is 0. The van der Waals surface area contributed by atoms with E-state index in [-0.39, 0.29) is 0 Å². The van der Waals surface area contributed by atoms with Gasteiger partial charge in [-0.05, 0) is 49.5 Å². The Balaban J connectivity index is 2.00. The molecule has 0 amide bonds. The molecule has 1 aromatic heterocycles. The number of pyridine rings is 1. The van der Waals surface area contributed by atoms with Crippen molar-refractivity contribution < 1.29 is 0 Å². The molecule has 0 radical (unpaired) electrons. The Morgan fingerprint density at radius 3 is 2.95 bits per heavy atom. The molecule has 0 aliphatic heterocycles. The summed E-state index contributed by atoms with van der Waals surface area (Å²) >= 11 is 1.97. The van der Waals surface area contributed by atoms with Crippen LogP contribution in [-0.2, 0) is 12.8 Å². The zero-order chi connectivity index (χ0) is 13.8. The zero-order valence-electron chi connectivity index (χ0n) is 11.7. The van der Waals surface area contributed by atoms with Crippen molar-refractivity contribution in [3.05, 3.63) is 35.5 Å². The normalized spacial score (nSPS) is 13.9. The summed E-state index contributed by atoms with van der Waals surface area (Å²) in [5, 5.41) is 1.32. The van der Waals surface area contributed by atoms with E-state index in [1.807, 2.05) is 11.8 Å². The smallest absolute Gasteiger partial charge is 0.0716 e. The Labute approximate surface area is 125 Å². The fourth-order valence-electron chi connectivity index (χ4n) is 2.84. The van der Waals surface area contributed by atoms with E-state index >= 15 is 0 Å². The van der Waals surface area contributed by atoms with Gasteiger partial charge in [0.25, 0.3) is 0 Å². The van der Waals surface area contributed by atoms with Gasteiger partial charge in [0.05, 0.1) is 5.52 Å². The molecule has 2 aromatic rings. The number of hydrogen-bond acceptors (Lipinski definition) is 2. The Morgan fingerprint density at radius 1 is 1.20 bits per heavy atom. The summed E-state index contributed by atoms with van der Waals surface area (Å²) in [6, 6.07) is 8.54. The molecular weight excluding hydrogens is 262 g/mol. The second-order valence-electron chi connectivity index (χ2n) is 5.25. The van der Waals surface area contributed by atoms with Gasteiger partial charge in [-0.3, -0.25) is 4.98 Å². The number of thioether (sulfide) groups is 1. The zero-order valence-corrected chi connectivity index (χ0v) is 12.5. The molecule has 0 saturated heterocycles. The van der Waals surface area contributed by atoms with Crippen molar-refractivity contribution >= 4 is 22.7 Å². The number of nitrogens with zero attached hydrogens (tertiary/aromatic N) is 1. The molecule has 0 spiro atoms. The molecular formula is C18H19NS. The van der Waals surface area contributed by atoms with E-state index in [1.165, 1.54) is 40.8 Å². The van der Waals surface area contributed by atoms with Gasteiger partial charge in [-0.15, -0.1) is 24.1 Å². The summed E-state index contributed by atoms with van der Waals surface area (Å²) in [4.78, 5) is 6.34. The molecule has 0 N–H and O–H groups in total. The summed E-state index contributed by atoms with van der Waals surface area (Å²) in [7, 11) is 0. The number of benzene rings is 1. The maximum absolute atomic E-state index is 5.34. The van der Waals surface area contributed by atoms with Gasteiger partial charge in [-0.25, -0.2) is 0 Å². The lowest BCUT2D eigenvalue weighted by atomic mass is 9.94. The summed E-state index contributed by atoms with van der Waals surface area (Å²) in [5.74, 6) is 3.83. The first-order chi connectivity index (χ1) is 9.90. The first kappa shape index (κ1) is 13.5. The minimum atomic E-state index is 0.873. The largest absolute Gasteiger partial charge is 0.252 e. The Morgan fingerprint density at radius 2 is 2.05 bits per heavy atom. The van der Waals surface area contributed by atoms with Gasteiger partial charge in [0.15, 0.2) is 0 Å². The summed E-state index contributed by atoms with van der Waals surface area (Å²) in [6.07, 6.45) is 12.2. The van der Waals surface area contributed by atoms with Crippen LogP contribution in [0.2, 0.25) is 0 Å². The minimum absolute atomic E-state index is 0.873. The molecule has 2 heteroatoms. The third-order valence-corrected chi connectivity index (χ3v) is 5.08. The maximum atomic E-state index is 5.34. The standard InChI is InChI=1S/C18H19NS/c1-2-3-8-13-20-18-14-9-4-6-11-16(14)19-17-12-7-5-10-15(17)18/h1,4,6,9,11H,3,5,7-8,10,12-13H2. The third kappa shape index (κ3) is 2.69. The molecule has 0 saturated carbocycles. The quantitative estimate of drug-likeness (QED) is 0.461. The first-order valence-electron chi connectivity index (χ1n) is 7.37. The van der Waals surface area contributed by atoms with Crippen LogP contribution in [0.1, 0.15) is 36.9 Å². The number of aryl methyl sites for hydroxylation is 1. The molecule has 1 aromatic carbocycles. The molecule has 102 valence electrons. The summed E-state index contributed by atoms with van der Waals surface area (Å²) in [6.45, 7) is 0. The molecule has 0 fully saturated rings. The SMILES string of the molecule is C#CCCCSc1c2c(nc3ccccc13)CCCC2. The monoisotopic (exact) mass is 281 g/mol.